The summed E-state index contributed by atoms with van der Waals surface area (Å²) in [5, 5.41) is 0.850. The molecule has 0 bridgehead atoms. The van der Waals surface area contributed by atoms with Crippen LogP contribution in [-0.4, -0.2) is 24.0 Å². The maximum absolute atomic E-state index is 12.7. The number of benzene rings is 2. The summed E-state index contributed by atoms with van der Waals surface area (Å²) in [7, 11) is 1.34. The molecule has 1 aliphatic carbocycles. The Bertz CT molecular complexity index is 1030. The van der Waals surface area contributed by atoms with Crippen LogP contribution in [-0.2, 0) is 20.9 Å². The first-order valence-corrected chi connectivity index (χ1v) is 9.41. The maximum Gasteiger partial charge on any atom is 0.340 e. The van der Waals surface area contributed by atoms with Crippen molar-refractivity contribution in [1.82, 2.24) is 4.98 Å². The average Bonchev–Trinajstić information content (AvgIpc) is 2.69. The van der Waals surface area contributed by atoms with Gasteiger partial charge in [0.1, 0.15) is 6.61 Å². The first-order chi connectivity index (χ1) is 13.7. The van der Waals surface area contributed by atoms with E-state index in [1.165, 1.54) is 7.11 Å². The van der Waals surface area contributed by atoms with E-state index in [1.54, 1.807) is 0 Å². The molecular formula is C23H21NO4. The molecule has 0 unspecified atom stereocenters. The Kier molecular flexibility index (Phi) is 5.06. The number of methoxy groups -OCH3 is 1. The number of pyridine rings is 1. The summed E-state index contributed by atoms with van der Waals surface area (Å²) in [4.78, 5) is 29.5. The van der Waals surface area contributed by atoms with Crippen LogP contribution in [0.3, 0.4) is 0 Å². The zero-order valence-electron chi connectivity index (χ0n) is 15.7. The number of carbonyl (C=O) groups excluding carboxylic acids is 2. The lowest BCUT2D eigenvalue weighted by Crippen LogP contribution is -2.24. The molecule has 0 atom stereocenters. The highest BCUT2D eigenvalue weighted by atomic mass is 16.5. The molecule has 142 valence electrons. The van der Waals surface area contributed by atoms with E-state index >= 15 is 0 Å². The Labute approximate surface area is 163 Å². The molecule has 5 heteroatoms. The molecule has 0 spiro atoms. The van der Waals surface area contributed by atoms with Crippen LogP contribution in [0.25, 0.3) is 22.0 Å². The summed E-state index contributed by atoms with van der Waals surface area (Å²) >= 11 is 0. The summed E-state index contributed by atoms with van der Waals surface area (Å²) in [6, 6.07) is 17.3. The number of carbonyl (C=O) groups is 2. The Morgan fingerprint density at radius 1 is 1.04 bits per heavy atom. The van der Waals surface area contributed by atoms with Crippen molar-refractivity contribution in [2.24, 2.45) is 5.92 Å². The number of nitrogens with zero attached hydrogens (tertiary/aromatic N) is 1. The normalized spacial score (nSPS) is 13.8. The molecule has 1 heterocycles. The number of fused-ring (bicyclic) bond motifs is 1. The van der Waals surface area contributed by atoms with Crippen LogP contribution in [0.4, 0.5) is 0 Å². The van der Waals surface area contributed by atoms with Gasteiger partial charge in [0.15, 0.2) is 0 Å². The number of para-hydroxylation sites is 1. The van der Waals surface area contributed by atoms with Gasteiger partial charge in [-0.2, -0.15) is 0 Å². The first-order valence-electron chi connectivity index (χ1n) is 9.41. The number of hydrogen-bond acceptors (Lipinski definition) is 5. The van der Waals surface area contributed by atoms with E-state index in [1.807, 2.05) is 54.6 Å². The molecule has 4 rings (SSSR count). The van der Waals surface area contributed by atoms with Gasteiger partial charge in [-0.15, -0.1) is 0 Å². The van der Waals surface area contributed by atoms with E-state index in [4.69, 9.17) is 9.47 Å². The third-order valence-electron chi connectivity index (χ3n) is 5.21. The standard InChI is InChI=1S/C23H21NO4/c1-27-23(26)21-19(14-28-22(25)16-10-7-11-16)24-18-13-6-5-12-17(18)20(21)15-8-3-2-4-9-15/h2-6,8-9,12-13,16H,7,10-11,14H2,1H3. The predicted octanol–water partition coefficient (Wildman–Crippen LogP) is 4.53. The molecule has 0 N–H and O–H groups in total. The van der Waals surface area contributed by atoms with Gasteiger partial charge in [-0.1, -0.05) is 55.0 Å². The predicted molar refractivity (Wildman–Crippen MR) is 106 cm³/mol. The molecule has 5 nitrogen and oxygen atoms in total. The SMILES string of the molecule is COC(=O)c1c(COC(=O)C2CCC2)nc2ccccc2c1-c1ccccc1. The molecule has 1 fully saturated rings. The fourth-order valence-electron chi connectivity index (χ4n) is 3.50. The van der Waals surface area contributed by atoms with Gasteiger partial charge in [0.05, 0.1) is 29.8 Å². The third kappa shape index (κ3) is 3.36. The van der Waals surface area contributed by atoms with Crippen LogP contribution >= 0.6 is 0 Å². The van der Waals surface area contributed by atoms with E-state index in [0.717, 1.165) is 41.3 Å². The van der Waals surface area contributed by atoms with Crippen molar-refractivity contribution >= 4 is 22.8 Å². The highest BCUT2D eigenvalue weighted by Crippen LogP contribution is 2.34. The van der Waals surface area contributed by atoms with Crippen molar-refractivity contribution < 1.29 is 19.1 Å². The van der Waals surface area contributed by atoms with Gasteiger partial charge in [-0.05, 0) is 24.5 Å². The van der Waals surface area contributed by atoms with E-state index in [9.17, 15) is 9.59 Å². The highest BCUT2D eigenvalue weighted by molar-refractivity contribution is 6.07. The van der Waals surface area contributed by atoms with Crippen molar-refractivity contribution in [1.29, 1.82) is 0 Å². The lowest BCUT2D eigenvalue weighted by atomic mass is 9.86. The summed E-state index contributed by atoms with van der Waals surface area (Å²) < 4.78 is 10.6. The van der Waals surface area contributed by atoms with E-state index < -0.39 is 5.97 Å². The van der Waals surface area contributed by atoms with Crippen molar-refractivity contribution in [3.63, 3.8) is 0 Å². The van der Waals surface area contributed by atoms with Gasteiger partial charge in [0, 0.05) is 10.9 Å². The highest BCUT2D eigenvalue weighted by Gasteiger charge is 2.28. The Hall–Kier alpha value is -3.21. The van der Waals surface area contributed by atoms with Gasteiger partial charge in [-0.25, -0.2) is 9.78 Å². The van der Waals surface area contributed by atoms with Crippen molar-refractivity contribution in [2.45, 2.75) is 25.9 Å². The Morgan fingerprint density at radius 3 is 2.43 bits per heavy atom. The summed E-state index contributed by atoms with van der Waals surface area (Å²) in [6.07, 6.45) is 2.78. The zero-order valence-corrected chi connectivity index (χ0v) is 15.7. The van der Waals surface area contributed by atoms with Crippen LogP contribution in [0.5, 0.6) is 0 Å². The zero-order chi connectivity index (χ0) is 19.5. The van der Waals surface area contributed by atoms with Gasteiger partial charge >= 0.3 is 11.9 Å². The number of hydrogen-bond donors (Lipinski definition) is 0. The number of rotatable bonds is 5. The minimum absolute atomic E-state index is 0.0318. The molecular weight excluding hydrogens is 354 g/mol. The van der Waals surface area contributed by atoms with Crippen molar-refractivity contribution in [3.05, 3.63) is 65.9 Å². The quantitative estimate of drug-likeness (QED) is 0.613. The number of aromatic nitrogens is 1. The van der Waals surface area contributed by atoms with E-state index in [2.05, 4.69) is 4.98 Å². The van der Waals surface area contributed by atoms with E-state index in [0.29, 0.717) is 11.3 Å². The molecule has 1 saturated carbocycles. The van der Waals surface area contributed by atoms with Crippen LogP contribution in [0.2, 0.25) is 0 Å². The molecule has 2 aromatic carbocycles. The number of ether oxygens (including phenoxy) is 2. The topological polar surface area (TPSA) is 65.5 Å². The van der Waals surface area contributed by atoms with Crippen LogP contribution in [0, 0.1) is 5.92 Å². The largest absolute Gasteiger partial charge is 0.465 e. The Morgan fingerprint density at radius 2 is 1.75 bits per heavy atom. The molecule has 1 aromatic heterocycles. The van der Waals surface area contributed by atoms with Crippen LogP contribution < -0.4 is 0 Å². The molecule has 0 aliphatic heterocycles. The molecule has 0 amide bonds. The number of esters is 2. The fraction of sp³-hybridized carbons (Fsp3) is 0.261. The molecule has 0 radical (unpaired) electrons. The second-order valence-corrected chi connectivity index (χ2v) is 6.92. The van der Waals surface area contributed by atoms with E-state index in [-0.39, 0.29) is 18.5 Å². The first kappa shape index (κ1) is 18.2. The summed E-state index contributed by atoms with van der Waals surface area (Å²) in [5.41, 5.74) is 3.12. The van der Waals surface area contributed by atoms with Gasteiger partial charge in [0.25, 0.3) is 0 Å². The van der Waals surface area contributed by atoms with Gasteiger partial charge in [-0.3, -0.25) is 4.79 Å². The second-order valence-electron chi connectivity index (χ2n) is 6.92. The minimum atomic E-state index is -0.494. The van der Waals surface area contributed by atoms with Gasteiger partial charge in [0.2, 0.25) is 0 Å². The Balaban J connectivity index is 1.86. The molecule has 3 aromatic rings. The van der Waals surface area contributed by atoms with Crippen molar-refractivity contribution in [2.75, 3.05) is 7.11 Å². The molecule has 28 heavy (non-hydrogen) atoms. The average molecular weight is 375 g/mol. The summed E-state index contributed by atoms with van der Waals surface area (Å²) in [6.45, 7) is -0.0512. The van der Waals surface area contributed by atoms with Gasteiger partial charge < -0.3 is 9.47 Å². The van der Waals surface area contributed by atoms with Crippen LogP contribution in [0.15, 0.2) is 54.6 Å². The van der Waals surface area contributed by atoms with Crippen LogP contribution in [0.1, 0.15) is 35.3 Å². The van der Waals surface area contributed by atoms with Crippen molar-refractivity contribution in [3.8, 4) is 11.1 Å². The lowest BCUT2D eigenvalue weighted by molar-refractivity contribution is -0.152. The third-order valence-corrected chi connectivity index (χ3v) is 5.21. The smallest absolute Gasteiger partial charge is 0.340 e. The summed E-state index contributed by atoms with van der Waals surface area (Å²) in [5.74, 6) is -0.749. The maximum atomic E-state index is 12.7. The molecule has 1 aliphatic rings. The monoisotopic (exact) mass is 375 g/mol. The minimum Gasteiger partial charge on any atom is -0.465 e. The fourth-order valence-corrected chi connectivity index (χ4v) is 3.50. The second kappa shape index (κ2) is 7.80. The lowest BCUT2D eigenvalue weighted by Gasteiger charge is -2.23. The molecule has 0 saturated heterocycles.